The molecule has 1 fully saturated rings. The number of likely N-dealkylation sites (tertiary alicyclic amines) is 1. The predicted octanol–water partition coefficient (Wildman–Crippen LogP) is 1.87. The maximum atomic E-state index is 12.6. The van der Waals surface area contributed by atoms with Gasteiger partial charge in [0.2, 0.25) is 5.91 Å². The maximum Gasteiger partial charge on any atom is 0.227 e. The molecule has 2 atom stereocenters. The van der Waals surface area contributed by atoms with Crippen molar-refractivity contribution in [3.63, 3.8) is 0 Å². The monoisotopic (exact) mass is 326 g/mol. The summed E-state index contributed by atoms with van der Waals surface area (Å²) in [6, 6.07) is 11.5. The molecule has 24 heavy (non-hydrogen) atoms. The largest absolute Gasteiger partial charge is 0.497 e. The summed E-state index contributed by atoms with van der Waals surface area (Å²) in [6.07, 6.45) is 3.85. The number of carbonyl (C=O) groups is 1. The number of aliphatic hydroxyl groups is 1. The van der Waals surface area contributed by atoms with E-state index in [0.29, 0.717) is 19.5 Å². The van der Waals surface area contributed by atoms with Crippen LogP contribution in [0.5, 0.6) is 5.75 Å². The fourth-order valence-corrected chi connectivity index (χ4v) is 3.32. The van der Waals surface area contributed by atoms with Crippen molar-refractivity contribution in [3.05, 3.63) is 59.9 Å². The molecule has 1 aromatic heterocycles. The van der Waals surface area contributed by atoms with Gasteiger partial charge in [-0.15, -0.1) is 0 Å². The minimum atomic E-state index is 0.0710. The summed E-state index contributed by atoms with van der Waals surface area (Å²) in [5, 5.41) is 9.69. The van der Waals surface area contributed by atoms with Gasteiger partial charge in [0, 0.05) is 43.9 Å². The molecule has 3 rings (SSSR count). The molecule has 5 heteroatoms. The van der Waals surface area contributed by atoms with Gasteiger partial charge in [-0.05, 0) is 35.4 Å². The molecule has 1 aliphatic heterocycles. The van der Waals surface area contributed by atoms with E-state index in [1.54, 1.807) is 19.5 Å². The number of benzene rings is 1. The summed E-state index contributed by atoms with van der Waals surface area (Å²) in [5.41, 5.74) is 2.06. The van der Waals surface area contributed by atoms with Crippen molar-refractivity contribution >= 4 is 5.91 Å². The van der Waals surface area contributed by atoms with Crippen molar-refractivity contribution in [1.82, 2.24) is 9.88 Å². The van der Waals surface area contributed by atoms with Gasteiger partial charge in [-0.3, -0.25) is 9.78 Å². The third kappa shape index (κ3) is 3.57. The highest BCUT2D eigenvalue weighted by Crippen LogP contribution is 2.32. The molecule has 126 valence electrons. The van der Waals surface area contributed by atoms with E-state index in [0.717, 1.165) is 16.9 Å². The zero-order chi connectivity index (χ0) is 16.9. The summed E-state index contributed by atoms with van der Waals surface area (Å²) in [4.78, 5) is 18.5. The molecule has 0 bridgehead atoms. The van der Waals surface area contributed by atoms with E-state index in [1.807, 2.05) is 41.3 Å². The second kappa shape index (κ2) is 7.45. The zero-order valence-electron chi connectivity index (χ0n) is 13.8. The number of carbonyl (C=O) groups excluding carboxylic acids is 1. The lowest BCUT2D eigenvalue weighted by molar-refractivity contribution is -0.129. The predicted molar refractivity (Wildman–Crippen MR) is 90.8 cm³/mol. The second-order valence-electron chi connectivity index (χ2n) is 6.16. The summed E-state index contributed by atoms with van der Waals surface area (Å²) in [7, 11) is 1.62. The quantitative estimate of drug-likeness (QED) is 0.911. The highest BCUT2D eigenvalue weighted by atomic mass is 16.5. The van der Waals surface area contributed by atoms with Gasteiger partial charge in [-0.1, -0.05) is 12.1 Å². The third-order valence-electron chi connectivity index (χ3n) is 4.65. The Morgan fingerprint density at radius 2 is 2.08 bits per heavy atom. The van der Waals surface area contributed by atoms with E-state index in [2.05, 4.69) is 4.98 Å². The lowest BCUT2D eigenvalue weighted by atomic mass is 9.90. The first-order valence-corrected chi connectivity index (χ1v) is 8.12. The molecule has 1 aromatic carbocycles. The lowest BCUT2D eigenvalue weighted by Gasteiger charge is -2.17. The van der Waals surface area contributed by atoms with E-state index < -0.39 is 0 Å². The molecule has 0 aliphatic carbocycles. The number of amides is 1. The number of methoxy groups -OCH3 is 1. The fourth-order valence-electron chi connectivity index (χ4n) is 3.32. The van der Waals surface area contributed by atoms with E-state index in [1.165, 1.54) is 0 Å². The Hall–Kier alpha value is -2.40. The van der Waals surface area contributed by atoms with Crippen LogP contribution in [0.4, 0.5) is 0 Å². The van der Waals surface area contributed by atoms with Gasteiger partial charge in [0.15, 0.2) is 0 Å². The molecule has 0 unspecified atom stereocenters. The van der Waals surface area contributed by atoms with Gasteiger partial charge in [-0.2, -0.15) is 0 Å². The van der Waals surface area contributed by atoms with Crippen molar-refractivity contribution in [1.29, 1.82) is 0 Å². The SMILES string of the molecule is COc1cccc(CC(=O)N2C[C@@H](CO)[C@H](c3ccncc3)C2)c1. The number of pyridine rings is 1. The molecule has 0 spiro atoms. The van der Waals surface area contributed by atoms with Crippen molar-refractivity contribution in [2.75, 3.05) is 26.8 Å². The first-order chi connectivity index (χ1) is 11.7. The average Bonchev–Trinajstić information content (AvgIpc) is 3.07. The molecule has 1 N–H and O–H groups in total. The normalized spacial score (nSPS) is 20.2. The van der Waals surface area contributed by atoms with Gasteiger partial charge in [0.05, 0.1) is 13.5 Å². The van der Waals surface area contributed by atoms with Crippen LogP contribution in [0.3, 0.4) is 0 Å². The van der Waals surface area contributed by atoms with Crippen LogP contribution in [-0.4, -0.2) is 47.7 Å². The molecule has 0 radical (unpaired) electrons. The van der Waals surface area contributed by atoms with E-state index in [4.69, 9.17) is 4.74 Å². The van der Waals surface area contributed by atoms with Crippen LogP contribution in [-0.2, 0) is 11.2 Å². The molecule has 2 heterocycles. The topological polar surface area (TPSA) is 62.7 Å². The van der Waals surface area contributed by atoms with Gasteiger partial charge in [0.25, 0.3) is 0 Å². The Balaban J connectivity index is 1.69. The fraction of sp³-hybridized carbons (Fsp3) is 0.368. The number of hydrogen-bond acceptors (Lipinski definition) is 4. The van der Waals surface area contributed by atoms with Crippen molar-refractivity contribution in [2.24, 2.45) is 5.92 Å². The minimum absolute atomic E-state index is 0.0710. The number of nitrogens with zero attached hydrogens (tertiary/aromatic N) is 2. The van der Waals surface area contributed by atoms with E-state index in [-0.39, 0.29) is 24.3 Å². The third-order valence-corrected chi connectivity index (χ3v) is 4.65. The van der Waals surface area contributed by atoms with Crippen LogP contribution in [0.2, 0.25) is 0 Å². The number of ether oxygens (including phenoxy) is 1. The van der Waals surface area contributed by atoms with Gasteiger partial charge in [0.1, 0.15) is 5.75 Å². The summed E-state index contributed by atoms with van der Waals surface area (Å²) >= 11 is 0. The molecule has 2 aromatic rings. The zero-order valence-corrected chi connectivity index (χ0v) is 13.8. The number of hydrogen-bond donors (Lipinski definition) is 1. The Morgan fingerprint density at radius 3 is 2.79 bits per heavy atom. The Morgan fingerprint density at radius 1 is 1.29 bits per heavy atom. The molecule has 1 amide bonds. The molecule has 5 nitrogen and oxygen atoms in total. The first-order valence-electron chi connectivity index (χ1n) is 8.12. The van der Waals surface area contributed by atoms with Crippen LogP contribution < -0.4 is 4.74 Å². The van der Waals surface area contributed by atoms with Crippen LogP contribution in [0, 0.1) is 5.92 Å². The van der Waals surface area contributed by atoms with E-state index in [9.17, 15) is 9.90 Å². The summed E-state index contributed by atoms with van der Waals surface area (Å²) in [6.45, 7) is 1.31. The van der Waals surface area contributed by atoms with Crippen molar-refractivity contribution in [3.8, 4) is 5.75 Å². The number of aromatic nitrogens is 1. The second-order valence-corrected chi connectivity index (χ2v) is 6.16. The Labute approximate surface area is 141 Å². The van der Waals surface area contributed by atoms with Gasteiger partial charge >= 0.3 is 0 Å². The summed E-state index contributed by atoms with van der Waals surface area (Å²) < 4.78 is 5.21. The standard InChI is InChI=1S/C19H22N2O3/c1-24-17-4-2-3-14(9-17)10-19(23)21-11-16(13-22)18(12-21)15-5-7-20-8-6-15/h2-9,16,18,22H,10-13H2,1H3/t16-,18-/m0/s1. The lowest BCUT2D eigenvalue weighted by Crippen LogP contribution is -2.30. The molecule has 1 aliphatic rings. The smallest absolute Gasteiger partial charge is 0.227 e. The van der Waals surface area contributed by atoms with Crippen LogP contribution >= 0.6 is 0 Å². The van der Waals surface area contributed by atoms with Crippen LogP contribution in [0.1, 0.15) is 17.0 Å². The van der Waals surface area contributed by atoms with Gasteiger partial charge < -0.3 is 14.7 Å². The van der Waals surface area contributed by atoms with Crippen molar-refractivity contribution < 1.29 is 14.6 Å². The average molecular weight is 326 g/mol. The number of aliphatic hydroxyl groups excluding tert-OH is 1. The minimum Gasteiger partial charge on any atom is -0.497 e. The molecular weight excluding hydrogens is 304 g/mol. The van der Waals surface area contributed by atoms with Gasteiger partial charge in [-0.25, -0.2) is 0 Å². The molecular formula is C19H22N2O3. The highest BCUT2D eigenvalue weighted by Gasteiger charge is 2.35. The van der Waals surface area contributed by atoms with Crippen LogP contribution in [0.15, 0.2) is 48.8 Å². The summed E-state index contributed by atoms with van der Waals surface area (Å²) in [5.74, 6) is 1.07. The number of rotatable bonds is 5. The molecule has 0 saturated carbocycles. The van der Waals surface area contributed by atoms with E-state index >= 15 is 0 Å². The Kier molecular flexibility index (Phi) is 5.11. The first kappa shape index (κ1) is 16.5. The van der Waals surface area contributed by atoms with Crippen molar-refractivity contribution in [2.45, 2.75) is 12.3 Å². The Bertz CT molecular complexity index is 690. The highest BCUT2D eigenvalue weighted by molar-refractivity contribution is 5.79. The van der Waals surface area contributed by atoms with Crippen LogP contribution in [0.25, 0.3) is 0 Å². The molecule has 1 saturated heterocycles. The maximum absolute atomic E-state index is 12.6.